The van der Waals surface area contributed by atoms with Gasteiger partial charge < -0.3 is 20.1 Å². The van der Waals surface area contributed by atoms with E-state index in [0.29, 0.717) is 48.7 Å². The molecule has 1 unspecified atom stereocenters. The van der Waals surface area contributed by atoms with Crippen LogP contribution in [0.5, 0.6) is 0 Å². The van der Waals surface area contributed by atoms with Gasteiger partial charge in [-0.1, -0.05) is 11.6 Å². The zero-order valence-corrected chi connectivity index (χ0v) is 16.5. The highest BCUT2D eigenvalue weighted by molar-refractivity contribution is 7.89. The fraction of sp³-hybridized carbons (Fsp3) is 0.533. The predicted octanol–water partition coefficient (Wildman–Crippen LogP) is 1.68. The number of methoxy groups -OCH3 is 1. The molecular weight excluding hydrogens is 386 g/mol. The number of rotatable bonds is 6. The van der Waals surface area contributed by atoms with Crippen molar-refractivity contribution in [1.29, 1.82) is 0 Å². The van der Waals surface area contributed by atoms with Crippen LogP contribution in [0.25, 0.3) is 0 Å². The third-order valence-corrected chi connectivity index (χ3v) is 6.03. The summed E-state index contributed by atoms with van der Waals surface area (Å²) in [5, 5.41) is 6.70. The third kappa shape index (κ3) is 5.50. The maximum absolute atomic E-state index is 12.7. The summed E-state index contributed by atoms with van der Waals surface area (Å²) in [5.74, 6) is 0. The fourth-order valence-electron chi connectivity index (χ4n) is 2.37. The minimum atomic E-state index is -3.60. The molecule has 0 aliphatic carbocycles. The monoisotopic (exact) mass is 407 g/mol. The topological polar surface area (TPSA) is 79.9 Å². The molecule has 1 aromatic rings. The molecule has 0 saturated carbocycles. The summed E-state index contributed by atoms with van der Waals surface area (Å²) in [6.07, 6.45) is 0. The average molecular weight is 408 g/mol. The first-order valence-electron chi connectivity index (χ1n) is 7.78. The molecule has 0 radical (unpaired) electrons. The molecule has 7 nitrogen and oxygen atoms in total. The molecule has 140 valence electrons. The van der Waals surface area contributed by atoms with E-state index in [1.165, 1.54) is 16.4 Å². The van der Waals surface area contributed by atoms with Gasteiger partial charge in [0.15, 0.2) is 5.11 Å². The standard InChI is InChI=1S/C15H22ClN3O4S2/c1-11(10-22-2)17-15(24)18-14-9-12(3-4-13(14)16)25(20,21)19-5-7-23-8-6-19/h3-4,9,11H,5-8,10H2,1-2H3,(H2,17,18,24). The number of halogens is 1. The Hall–Kier alpha value is -0.970. The minimum Gasteiger partial charge on any atom is -0.383 e. The van der Waals surface area contributed by atoms with E-state index in [0.717, 1.165) is 0 Å². The van der Waals surface area contributed by atoms with E-state index in [4.69, 9.17) is 33.3 Å². The van der Waals surface area contributed by atoms with E-state index in [2.05, 4.69) is 10.6 Å². The van der Waals surface area contributed by atoms with Crippen molar-refractivity contribution in [1.82, 2.24) is 9.62 Å². The van der Waals surface area contributed by atoms with E-state index in [1.807, 2.05) is 6.92 Å². The van der Waals surface area contributed by atoms with Gasteiger partial charge in [0.05, 0.1) is 35.4 Å². The van der Waals surface area contributed by atoms with Crippen LogP contribution in [0.2, 0.25) is 5.02 Å². The smallest absolute Gasteiger partial charge is 0.243 e. The average Bonchev–Trinajstić information content (AvgIpc) is 2.57. The number of morpholine rings is 1. The van der Waals surface area contributed by atoms with Gasteiger partial charge in [0, 0.05) is 26.2 Å². The molecule has 10 heteroatoms. The first-order valence-corrected chi connectivity index (χ1v) is 10.0. The van der Waals surface area contributed by atoms with Crippen LogP contribution < -0.4 is 10.6 Å². The highest BCUT2D eigenvalue weighted by Crippen LogP contribution is 2.27. The van der Waals surface area contributed by atoms with Gasteiger partial charge in [-0.3, -0.25) is 0 Å². The number of sulfonamides is 1. The van der Waals surface area contributed by atoms with Gasteiger partial charge in [0.2, 0.25) is 10.0 Å². The van der Waals surface area contributed by atoms with Gasteiger partial charge in [0.25, 0.3) is 0 Å². The number of anilines is 1. The largest absolute Gasteiger partial charge is 0.383 e. The van der Waals surface area contributed by atoms with E-state index in [1.54, 1.807) is 13.2 Å². The van der Waals surface area contributed by atoms with Crippen molar-refractivity contribution in [2.75, 3.05) is 45.3 Å². The van der Waals surface area contributed by atoms with Gasteiger partial charge in [-0.15, -0.1) is 0 Å². The highest BCUT2D eigenvalue weighted by atomic mass is 35.5. The highest BCUT2D eigenvalue weighted by Gasteiger charge is 2.27. The molecule has 0 spiro atoms. The van der Waals surface area contributed by atoms with Gasteiger partial charge in [0.1, 0.15) is 0 Å². The van der Waals surface area contributed by atoms with Crippen molar-refractivity contribution >= 4 is 44.6 Å². The van der Waals surface area contributed by atoms with Gasteiger partial charge in [-0.2, -0.15) is 4.31 Å². The predicted molar refractivity (Wildman–Crippen MR) is 102 cm³/mol. The summed E-state index contributed by atoms with van der Waals surface area (Å²) in [4.78, 5) is 0.161. The molecule has 1 atom stereocenters. The lowest BCUT2D eigenvalue weighted by Crippen LogP contribution is -2.40. The molecule has 1 aromatic carbocycles. The van der Waals surface area contributed by atoms with Crippen LogP contribution in [0.4, 0.5) is 5.69 Å². The fourth-order valence-corrected chi connectivity index (χ4v) is 4.28. The number of thiocarbonyl (C=S) groups is 1. The number of ether oxygens (including phenoxy) is 2. The zero-order valence-electron chi connectivity index (χ0n) is 14.1. The number of nitrogens with one attached hydrogen (secondary N) is 2. The Morgan fingerprint density at radius 1 is 1.44 bits per heavy atom. The third-order valence-electron chi connectivity index (χ3n) is 3.59. The van der Waals surface area contributed by atoms with E-state index >= 15 is 0 Å². The maximum Gasteiger partial charge on any atom is 0.243 e. The summed E-state index contributed by atoms with van der Waals surface area (Å²) >= 11 is 11.4. The van der Waals surface area contributed by atoms with Crippen molar-refractivity contribution in [3.63, 3.8) is 0 Å². The molecule has 0 aromatic heterocycles. The van der Waals surface area contributed by atoms with Crippen LogP contribution in [0.3, 0.4) is 0 Å². The summed E-state index contributed by atoms with van der Waals surface area (Å²) in [7, 11) is -2.00. The Balaban J connectivity index is 2.15. The van der Waals surface area contributed by atoms with E-state index in [-0.39, 0.29) is 10.9 Å². The minimum absolute atomic E-state index is 0.00374. The summed E-state index contributed by atoms with van der Waals surface area (Å²) in [5.41, 5.74) is 0.429. The second-order valence-electron chi connectivity index (χ2n) is 5.61. The molecule has 1 heterocycles. The first-order chi connectivity index (χ1) is 11.8. The molecule has 1 aliphatic heterocycles. The Kier molecular flexibility index (Phi) is 7.41. The molecule has 0 amide bonds. The van der Waals surface area contributed by atoms with Gasteiger partial charge in [-0.05, 0) is 37.3 Å². The van der Waals surface area contributed by atoms with Crippen LogP contribution in [0.15, 0.2) is 23.1 Å². The van der Waals surface area contributed by atoms with Gasteiger partial charge >= 0.3 is 0 Å². The zero-order chi connectivity index (χ0) is 18.4. The Morgan fingerprint density at radius 3 is 2.76 bits per heavy atom. The number of hydrogen-bond acceptors (Lipinski definition) is 5. The van der Waals surface area contributed by atoms with E-state index in [9.17, 15) is 8.42 Å². The van der Waals surface area contributed by atoms with Crippen molar-refractivity contribution in [2.24, 2.45) is 0 Å². The maximum atomic E-state index is 12.7. The Morgan fingerprint density at radius 2 is 2.12 bits per heavy atom. The Labute approximate surface area is 158 Å². The quantitative estimate of drug-likeness (QED) is 0.694. The molecule has 2 rings (SSSR count). The summed E-state index contributed by atoms with van der Waals surface area (Å²) in [6.45, 7) is 3.86. The lowest BCUT2D eigenvalue weighted by molar-refractivity contribution is 0.0730. The SMILES string of the molecule is COCC(C)NC(=S)Nc1cc(S(=O)(=O)N2CCOCC2)ccc1Cl. The Bertz CT molecular complexity index is 709. The molecule has 0 bridgehead atoms. The van der Waals surface area contributed by atoms with Crippen LogP contribution in [-0.2, 0) is 19.5 Å². The molecule has 1 fully saturated rings. The lowest BCUT2D eigenvalue weighted by Gasteiger charge is -2.26. The van der Waals surface area contributed by atoms with E-state index < -0.39 is 10.0 Å². The second kappa shape index (κ2) is 9.11. The molecule has 25 heavy (non-hydrogen) atoms. The molecular formula is C15H22ClN3O4S2. The normalized spacial score (nSPS) is 17.1. The first kappa shape index (κ1) is 20.3. The van der Waals surface area contributed by atoms with Crippen LogP contribution in [0, 0.1) is 0 Å². The van der Waals surface area contributed by atoms with Crippen LogP contribution in [-0.4, -0.2) is 63.9 Å². The lowest BCUT2D eigenvalue weighted by atomic mass is 10.3. The van der Waals surface area contributed by atoms with Crippen molar-refractivity contribution < 1.29 is 17.9 Å². The van der Waals surface area contributed by atoms with Crippen LogP contribution >= 0.6 is 23.8 Å². The van der Waals surface area contributed by atoms with Crippen molar-refractivity contribution in [3.8, 4) is 0 Å². The molecule has 1 aliphatic rings. The summed E-state index contributed by atoms with van der Waals surface area (Å²) < 4.78 is 37.1. The number of hydrogen-bond donors (Lipinski definition) is 2. The van der Waals surface area contributed by atoms with Gasteiger partial charge in [-0.25, -0.2) is 8.42 Å². The molecule has 1 saturated heterocycles. The van der Waals surface area contributed by atoms with Crippen molar-refractivity contribution in [2.45, 2.75) is 17.9 Å². The number of benzene rings is 1. The summed E-state index contributed by atoms with van der Waals surface area (Å²) in [6, 6.07) is 4.52. The molecule has 2 N–H and O–H groups in total. The number of nitrogens with zero attached hydrogens (tertiary/aromatic N) is 1. The van der Waals surface area contributed by atoms with Crippen molar-refractivity contribution in [3.05, 3.63) is 23.2 Å². The van der Waals surface area contributed by atoms with Crippen LogP contribution in [0.1, 0.15) is 6.92 Å². The second-order valence-corrected chi connectivity index (χ2v) is 8.37.